The van der Waals surface area contributed by atoms with Gasteiger partial charge in [0.15, 0.2) is 0 Å². The molecule has 1 fully saturated rings. The second-order valence-electron chi connectivity index (χ2n) is 2.19. The van der Waals surface area contributed by atoms with Crippen molar-refractivity contribution in [2.24, 2.45) is 0 Å². The van der Waals surface area contributed by atoms with Crippen molar-refractivity contribution >= 4 is 11.8 Å². The van der Waals surface area contributed by atoms with Crippen LogP contribution in [-0.4, -0.2) is 16.9 Å². The first kappa shape index (κ1) is 9.23. The molecule has 0 heterocycles. The largest absolute Gasteiger partial charge is 0.481 e. The minimum absolute atomic E-state index is 0.0198. The molecule has 0 aliphatic heterocycles. The Hall–Kier alpha value is -0.860. The van der Waals surface area contributed by atoms with E-state index in [1.807, 2.05) is 0 Å². The number of carboxylic acids is 1. The van der Waals surface area contributed by atoms with Gasteiger partial charge in [0.25, 0.3) is 0 Å². The highest BCUT2D eigenvalue weighted by atomic mass is 16.4. The molecule has 0 spiro atoms. The van der Waals surface area contributed by atoms with Gasteiger partial charge in [-0.3, -0.25) is 9.59 Å². The minimum atomic E-state index is -0.983. The first-order valence-electron chi connectivity index (χ1n) is 3.34. The van der Waals surface area contributed by atoms with Crippen molar-refractivity contribution in [3.63, 3.8) is 0 Å². The van der Waals surface area contributed by atoms with Crippen LogP contribution in [0.25, 0.3) is 0 Å². The lowest BCUT2D eigenvalue weighted by Gasteiger charge is -2.02. The van der Waals surface area contributed by atoms with Gasteiger partial charge in [0.1, 0.15) is 5.78 Å². The Labute approximate surface area is 71.8 Å². The van der Waals surface area contributed by atoms with E-state index in [2.05, 4.69) is 25.7 Å². The molecule has 0 bridgehead atoms. The minimum Gasteiger partial charge on any atom is -0.481 e. The number of hydrogen-bond donors (Lipinski definition) is 1. The third-order valence-electron chi connectivity index (χ3n) is 1.28. The first-order valence-corrected chi connectivity index (χ1v) is 3.34. The van der Waals surface area contributed by atoms with E-state index < -0.39 is 5.97 Å². The molecule has 0 aromatic heterocycles. The van der Waals surface area contributed by atoms with E-state index >= 15 is 0 Å². The summed E-state index contributed by atoms with van der Waals surface area (Å²) in [6.45, 7) is 0. The summed E-state index contributed by atoms with van der Waals surface area (Å²) in [6, 6.07) is 0. The summed E-state index contributed by atoms with van der Waals surface area (Å²) in [7, 11) is 0. The Kier molecular flexibility index (Phi) is 3.26. The maximum Gasteiger partial charge on any atom is 0.303 e. The van der Waals surface area contributed by atoms with E-state index in [9.17, 15) is 9.59 Å². The zero-order chi connectivity index (χ0) is 8.97. The Morgan fingerprint density at radius 2 is 1.75 bits per heavy atom. The fourth-order valence-corrected chi connectivity index (χ4v) is 0.704. The highest BCUT2D eigenvalue weighted by molar-refractivity contribution is 5.98. The first-order chi connectivity index (χ1) is 5.70. The summed E-state index contributed by atoms with van der Waals surface area (Å²) < 4.78 is 0. The molecule has 1 aliphatic rings. The van der Waals surface area contributed by atoms with Gasteiger partial charge in [-0.25, -0.2) is 0 Å². The van der Waals surface area contributed by atoms with Crippen molar-refractivity contribution in [2.45, 2.75) is 12.8 Å². The smallest absolute Gasteiger partial charge is 0.303 e. The number of hydrogen-bond acceptors (Lipinski definition) is 2. The van der Waals surface area contributed by atoms with E-state index in [1.54, 1.807) is 0 Å². The molecule has 3 nitrogen and oxygen atoms in total. The monoisotopic (exact) mass is 161 g/mol. The topological polar surface area (TPSA) is 54.4 Å². The van der Waals surface area contributed by atoms with Crippen LogP contribution >= 0.6 is 0 Å². The van der Waals surface area contributed by atoms with Crippen LogP contribution in [0, 0.1) is 31.6 Å². The fraction of sp³-hybridized carbons (Fsp3) is 0.222. The average Bonchev–Trinajstić information content (AvgIpc) is 2.51. The van der Waals surface area contributed by atoms with Crippen LogP contribution in [0.2, 0.25) is 0 Å². The predicted molar refractivity (Wildman–Crippen MR) is 38.1 cm³/mol. The summed E-state index contributed by atoms with van der Waals surface area (Å²) >= 11 is 0. The van der Waals surface area contributed by atoms with Gasteiger partial charge in [0, 0.05) is 32.1 Å². The van der Waals surface area contributed by atoms with Crippen molar-refractivity contribution in [1.29, 1.82) is 0 Å². The Bertz CT molecular complexity index is 180. The third kappa shape index (κ3) is 2.64. The molecule has 1 aliphatic carbocycles. The van der Waals surface area contributed by atoms with Crippen LogP contribution in [0.4, 0.5) is 0 Å². The number of Topliss-reactive ketones (excluding diaryl/α,β-unsaturated/α-hetero) is 1. The molecule has 0 atom stereocenters. The molecule has 1 saturated carbocycles. The van der Waals surface area contributed by atoms with Crippen LogP contribution < -0.4 is 0 Å². The quantitative estimate of drug-likeness (QED) is 0.646. The Morgan fingerprint density at radius 3 is 2.25 bits per heavy atom. The number of carboxylic acid groups (broad SMARTS) is 1. The van der Waals surface area contributed by atoms with Crippen LogP contribution in [0.5, 0.6) is 0 Å². The van der Waals surface area contributed by atoms with E-state index in [1.165, 1.54) is 0 Å². The summed E-state index contributed by atoms with van der Waals surface area (Å²) in [4.78, 5) is 21.1. The molecule has 9 radical (unpaired) electrons. The molecule has 0 aromatic carbocycles. The molecule has 0 saturated heterocycles. The number of ketones is 1. The van der Waals surface area contributed by atoms with Gasteiger partial charge in [-0.05, 0) is 0 Å². The Morgan fingerprint density at radius 1 is 1.17 bits per heavy atom. The standard InChI is InChI=1S/C9H5O3/c10-8(5-6-9(11)12)7-3-1-2-4-7/h5-6H2,(H,11,12). The predicted octanol–water partition coefficient (Wildman–Crippen LogP) is 0.334. The van der Waals surface area contributed by atoms with Gasteiger partial charge in [0.05, 0.1) is 12.3 Å². The van der Waals surface area contributed by atoms with Gasteiger partial charge in [0.2, 0.25) is 0 Å². The Balaban J connectivity index is 2.23. The lowest BCUT2D eigenvalue weighted by Crippen LogP contribution is -2.11. The SMILES string of the molecule is O=C(O)CCC(=O)[C]1[C][C][C][C]1. The molecular weight excluding hydrogens is 156 g/mol. The molecule has 0 unspecified atom stereocenters. The number of carbonyl (C=O) groups excluding carboxylic acids is 1. The van der Waals surface area contributed by atoms with E-state index in [-0.39, 0.29) is 24.5 Å². The maximum absolute atomic E-state index is 11.0. The molecule has 0 amide bonds. The molecular formula is C9H5O3. The molecule has 3 heteroatoms. The van der Waals surface area contributed by atoms with Crippen molar-refractivity contribution in [3.05, 3.63) is 31.6 Å². The van der Waals surface area contributed by atoms with Crippen molar-refractivity contribution in [3.8, 4) is 0 Å². The van der Waals surface area contributed by atoms with Crippen LogP contribution in [0.1, 0.15) is 12.8 Å². The maximum atomic E-state index is 11.0. The average molecular weight is 161 g/mol. The molecule has 12 heavy (non-hydrogen) atoms. The van der Waals surface area contributed by atoms with E-state index in [0.717, 1.165) is 0 Å². The fourth-order valence-electron chi connectivity index (χ4n) is 0.704. The number of rotatable bonds is 4. The second-order valence-corrected chi connectivity index (χ2v) is 2.19. The van der Waals surface area contributed by atoms with E-state index in [4.69, 9.17) is 5.11 Å². The number of aliphatic carboxylic acids is 1. The van der Waals surface area contributed by atoms with Gasteiger partial charge >= 0.3 is 5.97 Å². The van der Waals surface area contributed by atoms with Gasteiger partial charge in [-0.1, -0.05) is 0 Å². The lowest BCUT2D eigenvalue weighted by molar-refractivity contribution is -0.138. The van der Waals surface area contributed by atoms with Gasteiger partial charge in [-0.2, -0.15) is 0 Å². The second kappa shape index (κ2) is 4.24. The molecule has 1 rings (SSSR count). The van der Waals surface area contributed by atoms with Crippen LogP contribution in [-0.2, 0) is 9.59 Å². The van der Waals surface area contributed by atoms with Crippen molar-refractivity contribution in [2.75, 3.05) is 0 Å². The zero-order valence-electron chi connectivity index (χ0n) is 6.18. The third-order valence-corrected chi connectivity index (χ3v) is 1.28. The highest BCUT2D eigenvalue weighted by Gasteiger charge is 2.25. The summed E-state index contributed by atoms with van der Waals surface area (Å²) in [5.41, 5.74) is 0. The highest BCUT2D eigenvalue weighted by Crippen LogP contribution is 2.25. The normalized spacial score (nSPS) is 18.0. The summed E-state index contributed by atoms with van der Waals surface area (Å²) in [6.07, 6.45) is 9.63. The summed E-state index contributed by atoms with van der Waals surface area (Å²) in [5.74, 6) is -1.03. The van der Waals surface area contributed by atoms with Crippen LogP contribution in [0.15, 0.2) is 0 Å². The van der Waals surface area contributed by atoms with Gasteiger partial charge in [-0.15, -0.1) is 0 Å². The lowest BCUT2D eigenvalue weighted by atomic mass is 9.99. The zero-order valence-corrected chi connectivity index (χ0v) is 6.18. The van der Waals surface area contributed by atoms with E-state index in [0.29, 0.717) is 0 Å². The summed E-state index contributed by atoms with van der Waals surface area (Å²) in [5, 5.41) is 8.27. The molecule has 59 valence electrons. The molecule has 0 aromatic rings. The van der Waals surface area contributed by atoms with Crippen LogP contribution in [0.3, 0.4) is 0 Å². The molecule has 1 N–H and O–H groups in total. The van der Waals surface area contributed by atoms with Crippen molar-refractivity contribution < 1.29 is 14.7 Å². The van der Waals surface area contributed by atoms with Crippen molar-refractivity contribution in [1.82, 2.24) is 0 Å². The van der Waals surface area contributed by atoms with Gasteiger partial charge < -0.3 is 5.11 Å². The number of carbonyl (C=O) groups is 2.